The lowest BCUT2D eigenvalue weighted by atomic mass is 10.1. The summed E-state index contributed by atoms with van der Waals surface area (Å²) >= 11 is 0. The Labute approximate surface area is 121 Å². The molecule has 0 radical (unpaired) electrons. The van der Waals surface area contributed by atoms with Crippen LogP contribution in [0.4, 0.5) is 4.39 Å². The first-order chi connectivity index (χ1) is 10.1. The number of fused-ring (bicyclic) bond motifs is 1. The minimum atomic E-state index is -1.10. The quantitative estimate of drug-likeness (QED) is 0.625. The van der Waals surface area contributed by atoms with Gasteiger partial charge in [-0.2, -0.15) is 0 Å². The number of hydrogen-bond acceptors (Lipinski definition) is 4. The molecular weight excluding hydrogens is 275 g/mol. The number of aliphatic hydroxyl groups excluding tert-OH is 1. The smallest absolute Gasteiger partial charge is 0.326 e. The Morgan fingerprint density at radius 2 is 2.14 bits per heavy atom. The van der Waals surface area contributed by atoms with Gasteiger partial charge >= 0.3 is 5.69 Å². The van der Waals surface area contributed by atoms with E-state index < -0.39 is 12.0 Å². The van der Waals surface area contributed by atoms with E-state index in [9.17, 15) is 14.3 Å². The number of nitrogens with one attached hydrogen (secondary N) is 3. The van der Waals surface area contributed by atoms with Crippen molar-refractivity contribution in [3.05, 3.63) is 34.0 Å². The average Bonchev–Trinajstić information content (AvgIpc) is 2.81. The first-order valence-corrected chi connectivity index (χ1v) is 7.11. The summed E-state index contributed by atoms with van der Waals surface area (Å²) in [5.41, 5.74) is 0.997. The van der Waals surface area contributed by atoms with Crippen LogP contribution in [0.1, 0.15) is 30.7 Å². The number of rotatable bonds is 3. The molecule has 2 aromatic rings. The van der Waals surface area contributed by atoms with Crippen LogP contribution in [0.3, 0.4) is 0 Å². The summed E-state index contributed by atoms with van der Waals surface area (Å²) in [6, 6.07) is 2.89. The predicted octanol–water partition coefficient (Wildman–Crippen LogP) is 0.603. The fourth-order valence-electron chi connectivity index (χ4n) is 2.96. The van der Waals surface area contributed by atoms with Crippen molar-refractivity contribution in [2.24, 2.45) is 0 Å². The number of piperidine rings is 1. The van der Waals surface area contributed by atoms with Crippen LogP contribution in [0.15, 0.2) is 16.9 Å². The van der Waals surface area contributed by atoms with Crippen molar-refractivity contribution in [1.29, 1.82) is 0 Å². The van der Waals surface area contributed by atoms with Crippen LogP contribution in [0, 0.1) is 5.82 Å². The third-order valence-electron chi connectivity index (χ3n) is 4.08. The highest BCUT2D eigenvalue weighted by Crippen LogP contribution is 2.25. The third-order valence-corrected chi connectivity index (χ3v) is 4.08. The predicted molar refractivity (Wildman–Crippen MR) is 77.7 cm³/mol. The van der Waals surface area contributed by atoms with E-state index in [0.717, 1.165) is 25.9 Å². The molecule has 1 unspecified atom stereocenters. The number of aromatic nitrogens is 2. The topological polar surface area (TPSA) is 82.1 Å². The van der Waals surface area contributed by atoms with Crippen molar-refractivity contribution < 1.29 is 9.50 Å². The molecule has 21 heavy (non-hydrogen) atoms. The van der Waals surface area contributed by atoms with Crippen molar-refractivity contribution >= 4 is 11.0 Å². The van der Waals surface area contributed by atoms with Crippen LogP contribution in [0.5, 0.6) is 0 Å². The largest absolute Gasteiger partial charge is 0.374 e. The van der Waals surface area contributed by atoms with Crippen molar-refractivity contribution in [3.63, 3.8) is 0 Å². The first kappa shape index (κ1) is 14.2. The Hall–Kier alpha value is -1.70. The average molecular weight is 294 g/mol. The highest BCUT2D eigenvalue weighted by Gasteiger charge is 2.21. The molecule has 0 spiro atoms. The lowest BCUT2D eigenvalue weighted by Crippen LogP contribution is -2.33. The van der Waals surface area contributed by atoms with E-state index >= 15 is 0 Å². The van der Waals surface area contributed by atoms with Gasteiger partial charge in [0.05, 0.1) is 11.0 Å². The minimum Gasteiger partial charge on any atom is -0.374 e. The van der Waals surface area contributed by atoms with E-state index in [2.05, 4.69) is 15.6 Å². The Balaban J connectivity index is 2.12. The van der Waals surface area contributed by atoms with Gasteiger partial charge in [0.25, 0.3) is 0 Å². The van der Waals surface area contributed by atoms with Crippen LogP contribution in [0.25, 0.3) is 11.0 Å². The molecule has 1 aliphatic heterocycles. The molecule has 0 bridgehead atoms. The SMILES string of the molecule is CNC(O)c1cc2[nH]c(=O)n(C3CCNCC3)c2cc1F. The molecule has 0 amide bonds. The van der Waals surface area contributed by atoms with Gasteiger partial charge in [-0.3, -0.25) is 9.88 Å². The lowest BCUT2D eigenvalue weighted by Gasteiger charge is -2.24. The molecule has 3 rings (SSSR count). The van der Waals surface area contributed by atoms with Gasteiger partial charge in [0.2, 0.25) is 0 Å². The number of hydrogen-bond donors (Lipinski definition) is 4. The number of nitrogens with zero attached hydrogens (tertiary/aromatic N) is 1. The molecule has 7 heteroatoms. The summed E-state index contributed by atoms with van der Waals surface area (Å²) in [6.45, 7) is 1.70. The summed E-state index contributed by atoms with van der Waals surface area (Å²) in [6.07, 6.45) is 0.588. The van der Waals surface area contributed by atoms with Gasteiger partial charge in [0.1, 0.15) is 12.0 Å². The second kappa shape index (κ2) is 5.59. The fourth-order valence-corrected chi connectivity index (χ4v) is 2.96. The molecule has 4 N–H and O–H groups in total. The van der Waals surface area contributed by atoms with Crippen LogP contribution in [-0.2, 0) is 0 Å². The molecule has 114 valence electrons. The molecule has 1 aromatic carbocycles. The van der Waals surface area contributed by atoms with Gasteiger partial charge in [0, 0.05) is 17.7 Å². The zero-order valence-electron chi connectivity index (χ0n) is 11.8. The number of H-pyrrole nitrogens is 1. The van der Waals surface area contributed by atoms with Gasteiger partial charge in [-0.1, -0.05) is 0 Å². The van der Waals surface area contributed by atoms with Crippen LogP contribution in [0.2, 0.25) is 0 Å². The highest BCUT2D eigenvalue weighted by molar-refractivity contribution is 5.76. The second-order valence-electron chi connectivity index (χ2n) is 5.36. The highest BCUT2D eigenvalue weighted by atomic mass is 19.1. The summed E-state index contributed by atoms with van der Waals surface area (Å²) in [5.74, 6) is -0.522. The maximum atomic E-state index is 14.2. The zero-order chi connectivity index (χ0) is 15.0. The van der Waals surface area contributed by atoms with E-state index in [0.29, 0.717) is 11.0 Å². The molecule has 1 aliphatic rings. The van der Waals surface area contributed by atoms with Crippen LogP contribution in [-0.4, -0.2) is 34.8 Å². The maximum Gasteiger partial charge on any atom is 0.326 e. The number of aromatic amines is 1. The summed E-state index contributed by atoms with van der Waals surface area (Å²) in [5, 5.41) is 15.6. The third kappa shape index (κ3) is 2.48. The fraction of sp³-hybridized carbons (Fsp3) is 0.500. The number of halogens is 1. The summed E-state index contributed by atoms with van der Waals surface area (Å²) in [4.78, 5) is 14.9. The van der Waals surface area contributed by atoms with E-state index in [-0.39, 0.29) is 17.3 Å². The number of imidazole rings is 1. The molecule has 1 atom stereocenters. The van der Waals surface area contributed by atoms with Gasteiger partial charge < -0.3 is 15.4 Å². The maximum absolute atomic E-state index is 14.2. The first-order valence-electron chi connectivity index (χ1n) is 7.11. The van der Waals surface area contributed by atoms with Crippen LogP contribution < -0.4 is 16.3 Å². The molecule has 1 saturated heterocycles. The lowest BCUT2D eigenvalue weighted by molar-refractivity contribution is 0.145. The van der Waals surface area contributed by atoms with Crippen LogP contribution >= 0.6 is 0 Å². The molecule has 0 saturated carbocycles. The minimum absolute atomic E-state index is 0.0759. The van der Waals surface area contributed by atoms with Gasteiger partial charge in [-0.05, 0) is 39.0 Å². The van der Waals surface area contributed by atoms with Crippen molar-refractivity contribution in [2.45, 2.75) is 25.1 Å². The summed E-state index contributed by atoms with van der Waals surface area (Å²) < 4.78 is 15.8. The van der Waals surface area contributed by atoms with Gasteiger partial charge in [-0.25, -0.2) is 9.18 Å². The summed E-state index contributed by atoms with van der Waals surface area (Å²) in [7, 11) is 1.54. The van der Waals surface area contributed by atoms with Gasteiger partial charge in [-0.15, -0.1) is 0 Å². The molecule has 1 fully saturated rings. The standard InChI is InChI=1S/C14H19FN4O2/c1-16-13(20)9-6-11-12(7-10(9)15)19(14(21)18-11)8-2-4-17-5-3-8/h6-8,13,16-17,20H,2-5H2,1H3,(H,18,21). The Bertz CT molecular complexity index is 703. The Morgan fingerprint density at radius 1 is 1.43 bits per heavy atom. The molecular formula is C14H19FN4O2. The molecule has 6 nitrogen and oxygen atoms in total. The van der Waals surface area contributed by atoms with E-state index in [4.69, 9.17) is 0 Å². The molecule has 0 aliphatic carbocycles. The monoisotopic (exact) mass is 294 g/mol. The Morgan fingerprint density at radius 3 is 2.81 bits per heavy atom. The number of aliphatic hydroxyl groups is 1. The number of benzene rings is 1. The van der Waals surface area contributed by atoms with E-state index in [1.165, 1.54) is 19.2 Å². The Kier molecular flexibility index (Phi) is 3.79. The van der Waals surface area contributed by atoms with Crippen molar-refractivity contribution in [1.82, 2.24) is 20.2 Å². The zero-order valence-corrected chi connectivity index (χ0v) is 11.8. The van der Waals surface area contributed by atoms with E-state index in [1.54, 1.807) is 4.57 Å². The molecule has 2 heterocycles. The van der Waals surface area contributed by atoms with Crippen molar-refractivity contribution in [3.8, 4) is 0 Å². The van der Waals surface area contributed by atoms with Crippen molar-refractivity contribution in [2.75, 3.05) is 20.1 Å². The second-order valence-corrected chi connectivity index (χ2v) is 5.36. The van der Waals surface area contributed by atoms with Gasteiger partial charge in [0.15, 0.2) is 0 Å². The molecule has 1 aromatic heterocycles. The van der Waals surface area contributed by atoms with E-state index in [1.807, 2.05) is 0 Å². The normalized spacial score (nSPS) is 18.2.